The summed E-state index contributed by atoms with van der Waals surface area (Å²) in [7, 11) is 0. The normalized spacial score (nSPS) is 17.8. The lowest BCUT2D eigenvalue weighted by Gasteiger charge is -2.24. The Kier molecular flexibility index (Phi) is 2.99. The van der Waals surface area contributed by atoms with E-state index in [4.69, 9.17) is 4.74 Å². The molecule has 3 nitrogen and oxygen atoms in total. The number of hydrogen-bond acceptors (Lipinski definition) is 3. The zero-order valence-electron chi connectivity index (χ0n) is 10.9. The first-order valence-corrected chi connectivity index (χ1v) is 6.56. The van der Waals surface area contributed by atoms with Crippen LogP contribution in [0.1, 0.15) is 30.9 Å². The minimum Gasteiger partial charge on any atom is -0.490 e. The van der Waals surface area contributed by atoms with E-state index in [1.165, 1.54) is 0 Å². The van der Waals surface area contributed by atoms with E-state index in [-0.39, 0.29) is 0 Å². The molecule has 0 radical (unpaired) electrons. The molecule has 3 heteroatoms. The van der Waals surface area contributed by atoms with Gasteiger partial charge in [-0.3, -0.25) is 4.98 Å². The molecule has 1 aliphatic rings. The van der Waals surface area contributed by atoms with Crippen molar-refractivity contribution >= 4 is 0 Å². The van der Waals surface area contributed by atoms with Crippen LogP contribution >= 0.6 is 0 Å². The van der Waals surface area contributed by atoms with Crippen LogP contribution in [-0.2, 0) is 5.60 Å². The van der Waals surface area contributed by atoms with Gasteiger partial charge in [0.2, 0.25) is 0 Å². The van der Waals surface area contributed by atoms with E-state index in [1.54, 1.807) is 19.3 Å². The monoisotopic (exact) mass is 255 g/mol. The van der Waals surface area contributed by atoms with Crippen molar-refractivity contribution < 1.29 is 9.84 Å². The Labute approximate surface area is 112 Å². The third-order valence-corrected chi connectivity index (χ3v) is 3.47. The summed E-state index contributed by atoms with van der Waals surface area (Å²) < 4.78 is 5.70. The van der Waals surface area contributed by atoms with Crippen LogP contribution < -0.4 is 4.74 Å². The standard InChI is InChI=1S/C16H17NO2/c1-16(18,13-3-2-10-17-11-13)12-4-6-14(7-5-12)19-15-8-9-15/h2-7,10-11,15,18H,8-9H2,1H3. The Hall–Kier alpha value is -1.87. The average molecular weight is 255 g/mol. The third-order valence-electron chi connectivity index (χ3n) is 3.47. The van der Waals surface area contributed by atoms with E-state index in [9.17, 15) is 5.11 Å². The summed E-state index contributed by atoms with van der Waals surface area (Å²) in [5, 5.41) is 10.7. The van der Waals surface area contributed by atoms with Gasteiger partial charge in [0.25, 0.3) is 0 Å². The highest BCUT2D eigenvalue weighted by atomic mass is 16.5. The Morgan fingerprint density at radius 1 is 1.16 bits per heavy atom. The molecule has 1 saturated carbocycles. The zero-order valence-corrected chi connectivity index (χ0v) is 10.9. The highest BCUT2D eigenvalue weighted by Crippen LogP contribution is 2.31. The molecule has 0 aliphatic heterocycles. The fraction of sp³-hybridized carbons (Fsp3) is 0.312. The van der Waals surface area contributed by atoms with Gasteiger partial charge in [0.15, 0.2) is 0 Å². The van der Waals surface area contributed by atoms with E-state index in [0.29, 0.717) is 6.10 Å². The maximum Gasteiger partial charge on any atom is 0.119 e. The molecule has 98 valence electrons. The van der Waals surface area contributed by atoms with Gasteiger partial charge in [-0.15, -0.1) is 0 Å². The molecule has 1 aromatic heterocycles. The molecule has 1 fully saturated rings. The van der Waals surface area contributed by atoms with E-state index in [1.807, 2.05) is 36.4 Å². The molecular weight excluding hydrogens is 238 g/mol. The van der Waals surface area contributed by atoms with E-state index in [2.05, 4.69) is 4.98 Å². The molecule has 1 aromatic carbocycles. The second-order valence-electron chi connectivity index (χ2n) is 5.16. The highest BCUT2D eigenvalue weighted by molar-refractivity contribution is 5.37. The molecule has 0 saturated heterocycles. The van der Waals surface area contributed by atoms with Crippen LogP contribution in [0.3, 0.4) is 0 Å². The van der Waals surface area contributed by atoms with Crippen molar-refractivity contribution in [3.63, 3.8) is 0 Å². The fourth-order valence-electron chi connectivity index (χ4n) is 2.05. The molecule has 0 bridgehead atoms. The molecule has 1 N–H and O–H groups in total. The Balaban J connectivity index is 1.84. The largest absolute Gasteiger partial charge is 0.490 e. The number of aliphatic hydroxyl groups is 1. The lowest BCUT2D eigenvalue weighted by molar-refractivity contribution is 0.102. The fourth-order valence-corrected chi connectivity index (χ4v) is 2.05. The summed E-state index contributed by atoms with van der Waals surface area (Å²) >= 11 is 0. The minimum absolute atomic E-state index is 0.393. The number of rotatable bonds is 4. The summed E-state index contributed by atoms with van der Waals surface area (Å²) in [6.45, 7) is 1.78. The Morgan fingerprint density at radius 3 is 2.47 bits per heavy atom. The van der Waals surface area contributed by atoms with Gasteiger partial charge < -0.3 is 9.84 Å². The number of hydrogen-bond donors (Lipinski definition) is 1. The summed E-state index contributed by atoms with van der Waals surface area (Å²) in [5.41, 5.74) is 0.585. The second kappa shape index (κ2) is 4.67. The van der Waals surface area contributed by atoms with Gasteiger partial charge in [-0.05, 0) is 43.5 Å². The first-order chi connectivity index (χ1) is 9.16. The van der Waals surface area contributed by atoms with E-state index < -0.39 is 5.60 Å². The molecule has 0 amide bonds. The van der Waals surface area contributed by atoms with Gasteiger partial charge in [-0.1, -0.05) is 18.2 Å². The van der Waals surface area contributed by atoms with Gasteiger partial charge in [0.05, 0.1) is 6.10 Å². The van der Waals surface area contributed by atoms with Crippen LogP contribution in [-0.4, -0.2) is 16.2 Å². The van der Waals surface area contributed by atoms with Crippen LogP contribution in [0.25, 0.3) is 0 Å². The molecule has 1 atom stereocenters. The molecule has 1 aliphatic carbocycles. The van der Waals surface area contributed by atoms with E-state index >= 15 is 0 Å². The van der Waals surface area contributed by atoms with Gasteiger partial charge in [0.1, 0.15) is 11.4 Å². The first-order valence-electron chi connectivity index (χ1n) is 6.56. The number of benzene rings is 1. The average Bonchev–Trinajstić information content (AvgIpc) is 3.24. The zero-order chi connectivity index (χ0) is 13.3. The maximum atomic E-state index is 10.7. The predicted octanol–water partition coefficient (Wildman–Crippen LogP) is 2.88. The topological polar surface area (TPSA) is 42.4 Å². The van der Waals surface area contributed by atoms with Gasteiger partial charge in [-0.2, -0.15) is 0 Å². The van der Waals surface area contributed by atoms with Crippen molar-refractivity contribution in [2.24, 2.45) is 0 Å². The van der Waals surface area contributed by atoms with E-state index in [0.717, 1.165) is 29.7 Å². The number of ether oxygens (including phenoxy) is 1. The van der Waals surface area contributed by atoms with Crippen LogP contribution in [0.4, 0.5) is 0 Å². The van der Waals surface area contributed by atoms with Crippen molar-refractivity contribution in [3.05, 3.63) is 59.9 Å². The van der Waals surface area contributed by atoms with Gasteiger partial charge in [-0.25, -0.2) is 0 Å². The molecule has 2 aromatic rings. The van der Waals surface area contributed by atoms with Crippen molar-refractivity contribution in [2.75, 3.05) is 0 Å². The quantitative estimate of drug-likeness (QED) is 0.913. The van der Waals surface area contributed by atoms with Gasteiger partial charge >= 0.3 is 0 Å². The van der Waals surface area contributed by atoms with Crippen LogP contribution in [0.5, 0.6) is 5.75 Å². The molecular formula is C16H17NO2. The van der Waals surface area contributed by atoms with Crippen molar-refractivity contribution in [2.45, 2.75) is 31.5 Å². The predicted molar refractivity (Wildman–Crippen MR) is 73.0 cm³/mol. The second-order valence-corrected chi connectivity index (χ2v) is 5.16. The number of aromatic nitrogens is 1. The maximum absolute atomic E-state index is 10.7. The molecule has 3 rings (SSSR count). The van der Waals surface area contributed by atoms with Crippen LogP contribution in [0, 0.1) is 0 Å². The summed E-state index contributed by atoms with van der Waals surface area (Å²) in [6, 6.07) is 11.3. The smallest absolute Gasteiger partial charge is 0.119 e. The summed E-state index contributed by atoms with van der Waals surface area (Å²) in [6.07, 6.45) is 6.08. The van der Waals surface area contributed by atoms with Crippen molar-refractivity contribution in [1.82, 2.24) is 4.98 Å². The lowest BCUT2D eigenvalue weighted by atomic mass is 9.89. The number of nitrogens with zero attached hydrogens (tertiary/aromatic N) is 1. The molecule has 0 spiro atoms. The number of pyridine rings is 1. The van der Waals surface area contributed by atoms with Crippen molar-refractivity contribution in [3.8, 4) is 5.75 Å². The Bertz CT molecular complexity index is 545. The minimum atomic E-state index is -1.04. The molecule has 1 heterocycles. The summed E-state index contributed by atoms with van der Waals surface area (Å²) in [4.78, 5) is 4.06. The van der Waals surface area contributed by atoms with Crippen LogP contribution in [0.15, 0.2) is 48.8 Å². The van der Waals surface area contributed by atoms with Gasteiger partial charge in [0, 0.05) is 18.0 Å². The molecule has 1 unspecified atom stereocenters. The highest BCUT2D eigenvalue weighted by Gasteiger charge is 2.26. The third kappa shape index (κ3) is 2.61. The van der Waals surface area contributed by atoms with Crippen LogP contribution in [0.2, 0.25) is 0 Å². The SMILES string of the molecule is CC(O)(c1ccc(OC2CC2)cc1)c1cccnc1. The van der Waals surface area contributed by atoms with Crippen molar-refractivity contribution in [1.29, 1.82) is 0 Å². The Morgan fingerprint density at radius 2 is 1.89 bits per heavy atom. The lowest BCUT2D eigenvalue weighted by Crippen LogP contribution is -2.22. The first kappa shape index (κ1) is 12.2. The molecule has 19 heavy (non-hydrogen) atoms. The summed E-state index contributed by atoms with van der Waals surface area (Å²) in [5.74, 6) is 0.869.